The Morgan fingerprint density at radius 3 is 2.95 bits per heavy atom. The lowest BCUT2D eigenvalue weighted by atomic mass is 9.81. The van der Waals surface area contributed by atoms with Gasteiger partial charge < -0.3 is 20.1 Å². The molecule has 3 unspecified atom stereocenters. The van der Waals surface area contributed by atoms with E-state index in [1.165, 1.54) is 6.42 Å². The topological polar surface area (TPSA) is 44.7 Å². The highest BCUT2D eigenvalue weighted by Gasteiger charge is 2.36. The molecule has 112 valence electrons. The monoisotopic (exact) mass is 270 g/mol. The molecule has 19 heavy (non-hydrogen) atoms. The van der Waals surface area contributed by atoms with Crippen LogP contribution in [0, 0.1) is 11.3 Å². The SMILES string of the molecule is CCNCC1(CN2CCC(C)C(O)C2)CCCOC1. The summed E-state index contributed by atoms with van der Waals surface area (Å²) in [6, 6.07) is 0. The number of nitrogens with zero attached hydrogens (tertiary/aromatic N) is 1. The van der Waals surface area contributed by atoms with E-state index < -0.39 is 0 Å². The molecule has 3 atom stereocenters. The van der Waals surface area contributed by atoms with E-state index in [-0.39, 0.29) is 11.5 Å². The minimum Gasteiger partial charge on any atom is -0.392 e. The van der Waals surface area contributed by atoms with Crippen molar-refractivity contribution in [2.45, 2.75) is 39.2 Å². The van der Waals surface area contributed by atoms with Gasteiger partial charge in [0.05, 0.1) is 12.7 Å². The van der Waals surface area contributed by atoms with Gasteiger partial charge in [-0.15, -0.1) is 0 Å². The molecule has 0 aromatic heterocycles. The van der Waals surface area contributed by atoms with Gasteiger partial charge in [0.2, 0.25) is 0 Å². The molecular weight excluding hydrogens is 240 g/mol. The minimum atomic E-state index is -0.158. The molecule has 2 saturated heterocycles. The summed E-state index contributed by atoms with van der Waals surface area (Å²) < 4.78 is 5.74. The maximum Gasteiger partial charge on any atom is 0.0693 e. The maximum absolute atomic E-state index is 10.0. The van der Waals surface area contributed by atoms with Gasteiger partial charge in [-0.3, -0.25) is 0 Å². The van der Waals surface area contributed by atoms with Crippen LogP contribution >= 0.6 is 0 Å². The van der Waals surface area contributed by atoms with Gasteiger partial charge in [-0.05, 0) is 38.3 Å². The first-order valence-electron chi connectivity index (χ1n) is 7.84. The zero-order valence-electron chi connectivity index (χ0n) is 12.5. The summed E-state index contributed by atoms with van der Waals surface area (Å²) in [7, 11) is 0. The molecule has 2 aliphatic heterocycles. The Labute approximate surface area is 117 Å². The first-order valence-corrected chi connectivity index (χ1v) is 7.84. The van der Waals surface area contributed by atoms with E-state index in [1.807, 2.05) is 0 Å². The quantitative estimate of drug-likeness (QED) is 0.785. The summed E-state index contributed by atoms with van der Waals surface area (Å²) in [5.41, 5.74) is 0.245. The predicted molar refractivity (Wildman–Crippen MR) is 77.3 cm³/mol. The van der Waals surface area contributed by atoms with Crippen molar-refractivity contribution in [1.82, 2.24) is 10.2 Å². The van der Waals surface area contributed by atoms with Gasteiger partial charge >= 0.3 is 0 Å². The molecule has 0 bridgehead atoms. The van der Waals surface area contributed by atoms with Crippen molar-refractivity contribution in [1.29, 1.82) is 0 Å². The van der Waals surface area contributed by atoms with Crippen LogP contribution in [-0.2, 0) is 4.74 Å². The lowest BCUT2D eigenvalue weighted by molar-refractivity contribution is -0.0463. The lowest BCUT2D eigenvalue weighted by Gasteiger charge is -2.44. The smallest absolute Gasteiger partial charge is 0.0693 e. The van der Waals surface area contributed by atoms with Crippen LogP contribution in [0.1, 0.15) is 33.1 Å². The molecule has 4 nitrogen and oxygen atoms in total. The van der Waals surface area contributed by atoms with Crippen LogP contribution in [0.25, 0.3) is 0 Å². The van der Waals surface area contributed by atoms with E-state index >= 15 is 0 Å². The summed E-state index contributed by atoms with van der Waals surface area (Å²) in [4.78, 5) is 2.44. The Balaban J connectivity index is 1.91. The third kappa shape index (κ3) is 4.15. The molecule has 0 radical (unpaired) electrons. The number of aliphatic hydroxyl groups is 1. The minimum absolute atomic E-state index is 0.158. The van der Waals surface area contributed by atoms with Crippen LogP contribution in [0.3, 0.4) is 0 Å². The standard InChI is InChI=1S/C15H30N2O2/c1-3-16-10-15(6-4-8-19-12-15)11-17-7-5-13(2)14(18)9-17/h13-14,16,18H,3-12H2,1-2H3. The average Bonchev–Trinajstić information content (AvgIpc) is 2.42. The number of rotatable bonds is 5. The number of β-amino-alcohol motifs (C(OH)–C–C–N with tert-alkyl or cyclic N) is 1. The van der Waals surface area contributed by atoms with Gasteiger partial charge in [0.25, 0.3) is 0 Å². The van der Waals surface area contributed by atoms with Gasteiger partial charge in [-0.25, -0.2) is 0 Å². The van der Waals surface area contributed by atoms with E-state index in [2.05, 4.69) is 24.1 Å². The molecule has 0 aromatic rings. The number of hydrogen-bond acceptors (Lipinski definition) is 4. The first-order chi connectivity index (χ1) is 9.15. The normalized spacial score (nSPS) is 37.4. The second kappa shape index (κ2) is 7.02. The van der Waals surface area contributed by atoms with E-state index in [0.717, 1.165) is 58.8 Å². The average molecular weight is 270 g/mol. The van der Waals surface area contributed by atoms with Crippen molar-refractivity contribution in [3.8, 4) is 0 Å². The van der Waals surface area contributed by atoms with Crippen molar-refractivity contribution >= 4 is 0 Å². The van der Waals surface area contributed by atoms with Crippen LogP contribution in [0.5, 0.6) is 0 Å². The van der Waals surface area contributed by atoms with Crippen molar-refractivity contribution in [3.63, 3.8) is 0 Å². The summed E-state index contributed by atoms with van der Waals surface area (Å²) in [6.07, 6.45) is 3.36. The Kier molecular flexibility index (Phi) is 5.63. The van der Waals surface area contributed by atoms with Crippen molar-refractivity contribution in [2.24, 2.45) is 11.3 Å². The predicted octanol–water partition coefficient (Wildman–Crippen LogP) is 1.10. The summed E-state index contributed by atoms with van der Waals surface area (Å²) in [5, 5.41) is 13.5. The Morgan fingerprint density at radius 1 is 1.47 bits per heavy atom. The molecule has 2 N–H and O–H groups in total. The first kappa shape index (κ1) is 15.2. The number of ether oxygens (including phenoxy) is 1. The van der Waals surface area contributed by atoms with E-state index in [4.69, 9.17) is 4.74 Å². The highest BCUT2D eigenvalue weighted by Crippen LogP contribution is 2.30. The van der Waals surface area contributed by atoms with Crippen molar-refractivity contribution in [3.05, 3.63) is 0 Å². The highest BCUT2D eigenvalue weighted by atomic mass is 16.5. The van der Waals surface area contributed by atoms with Gasteiger partial charge in [0, 0.05) is 31.7 Å². The molecule has 2 fully saturated rings. The number of likely N-dealkylation sites (tertiary alicyclic amines) is 1. The highest BCUT2D eigenvalue weighted by molar-refractivity contribution is 4.89. The van der Waals surface area contributed by atoms with Crippen LogP contribution < -0.4 is 5.32 Å². The Morgan fingerprint density at radius 2 is 2.32 bits per heavy atom. The van der Waals surface area contributed by atoms with Crippen LogP contribution in [0.2, 0.25) is 0 Å². The van der Waals surface area contributed by atoms with Gasteiger partial charge in [-0.2, -0.15) is 0 Å². The van der Waals surface area contributed by atoms with Crippen molar-refractivity contribution < 1.29 is 9.84 Å². The molecule has 4 heteroatoms. The molecular formula is C15H30N2O2. The van der Waals surface area contributed by atoms with Gasteiger partial charge in [0.15, 0.2) is 0 Å². The Hall–Kier alpha value is -0.160. The molecule has 0 aromatic carbocycles. The van der Waals surface area contributed by atoms with E-state index in [0.29, 0.717) is 5.92 Å². The number of hydrogen-bond donors (Lipinski definition) is 2. The lowest BCUT2D eigenvalue weighted by Crippen LogP contribution is -2.53. The molecule has 0 spiro atoms. The largest absolute Gasteiger partial charge is 0.392 e. The zero-order chi connectivity index (χ0) is 13.7. The molecule has 0 aliphatic carbocycles. The molecule has 0 saturated carbocycles. The second-order valence-electron chi connectivity index (χ2n) is 6.50. The van der Waals surface area contributed by atoms with E-state index in [1.54, 1.807) is 0 Å². The number of aliphatic hydroxyl groups excluding tert-OH is 1. The van der Waals surface area contributed by atoms with Crippen LogP contribution in [0.4, 0.5) is 0 Å². The number of nitrogens with one attached hydrogen (secondary N) is 1. The molecule has 2 heterocycles. The molecule has 0 amide bonds. The maximum atomic E-state index is 10.0. The summed E-state index contributed by atoms with van der Waals surface area (Å²) in [5.74, 6) is 0.448. The van der Waals surface area contributed by atoms with Crippen LogP contribution in [-0.4, -0.2) is 62.0 Å². The fourth-order valence-corrected chi connectivity index (χ4v) is 3.35. The fourth-order valence-electron chi connectivity index (χ4n) is 3.35. The third-order valence-electron chi connectivity index (χ3n) is 4.72. The molecule has 2 aliphatic rings. The molecule has 2 rings (SSSR count). The zero-order valence-corrected chi connectivity index (χ0v) is 12.5. The Bertz CT molecular complexity index is 267. The summed E-state index contributed by atoms with van der Waals surface area (Å²) in [6.45, 7) is 11.1. The number of piperidine rings is 1. The van der Waals surface area contributed by atoms with Gasteiger partial charge in [0.1, 0.15) is 0 Å². The van der Waals surface area contributed by atoms with Gasteiger partial charge in [-0.1, -0.05) is 13.8 Å². The second-order valence-corrected chi connectivity index (χ2v) is 6.50. The van der Waals surface area contributed by atoms with Crippen LogP contribution in [0.15, 0.2) is 0 Å². The summed E-state index contributed by atoms with van der Waals surface area (Å²) >= 11 is 0. The van der Waals surface area contributed by atoms with Crippen molar-refractivity contribution in [2.75, 3.05) is 45.9 Å². The van der Waals surface area contributed by atoms with E-state index in [9.17, 15) is 5.11 Å². The fraction of sp³-hybridized carbons (Fsp3) is 1.00. The third-order valence-corrected chi connectivity index (χ3v) is 4.72.